The number of thiazole rings is 1. The number of benzene rings is 2. The fourth-order valence-electron chi connectivity index (χ4n) is 2.65. The van der Waals surface area contributed by atoms with Gasteiger partial charge in [0.15, 0.2) is 4.34 Å². The highest BCUT2D eigenvalue weighted by Gasteiger charge is 2.17. The van der Waals surface area contributed by atoms with Gasteiger partial charge in [0.05, 0.1) is 22.7 Å². The molecule has 0 saturated heterocycles. The molecule has 0 radical (unpaired) electrons. The number of carbonyl (C=O) groups excluding carboxylic acids is 2. The minimum atomic E-state index is -0.357. The van der Waals surface area contributed by atoms with Crippen molar-refractivity contribution in [3.05, 3.63) is 54.1 Å². The van der Waals surface area contributed by atoms with Crippen LogP contribution in [0, 0.1) is 0 Å². The molecule has 0 fully saturated rings. The van der Waals surface area contributed by atoms with Gasteiger partial charge >= 0.3 is 0 Å². The van der Waals surface area contributed by atoms with Gasteiger partial charge in [-0.3, -0.25) is 9.59 Å². The van der Waals surface area contributed by atoms with Gasteiger partial charge in [0, 0.05) is 12.6 Å². The molecule has 3 aromatic rings. The number of hydrogen-bond acceptors (Lipinski definition) is 5. The van der Waals surface area contributed by atoms with Crippen LogP contribution in [0.5, 0.6) is 0 Å². The van der Waals surface area contributed by atoms with E-state index in [9.17, 15) is 9.59 Å². The second-order valence-electron chi connectivity index (χ2n) is 5.78. The van der Waals surface area contributed by atoms with Crippen LogP contribution in [0.4, 0.5) is 5.69 Å². The van der Waals surface area contributed by atoms with Gasteiger partial charge < -0.3 is 10.6 Å². The zero-order valence-corrected chi connectivity index (χ0v) is 16.1. The van der Waals surface area contributed by atoms with Gasteiger partial charge in [-0.15, -0.1) is 11.3 Å². The fourth-order valence-corrected chi connectivity index (χ4v) is 4.18. The molecular weight excluding hydrogens is 366 g/mol. The van der Waals surface area contributed by atoms with Gasteiger partial charge in [-0.25, -0.2) is 4.98 Å². The zero-order valence-electron chi connectivity index (χ0n) is 14.5. The lowest BCUT2D eigenvalue weighted by atomic mass is 10.0. The van der Waals surface area contributed by atoms with E-state index in [1.165, 1.54) is 6.92 Å². The van der Waals surface area contributed by atoms with Crippen LogP contribution in [0.1, 0.15) is 24.9 Å². The summed E-state index contributed by atoms with van der Waals surface area (Å²) in [6.07, 6.45) is 2.16. The standard InChI is InChI=1S/C19H19N3O2S2/c1-12(23)20-16(13-6-4-3-5-7-13)11-18(24)21-14-8-9-15-17(10-14)26-19(22-15)25-2/h3-10,16H,11H2,1-2H3,(H,20,23)(H,21,24). The van der Waals surface area contributed by atoms with Crippen molar-refractivity contribution >= 4 is 50.8 Å². The van der Waals surface area contributed by atoms with Crippen molar-refractivity contribution in [1.29, 1.82) is 0 Å². The van der Waals surface area contributed by atoms with Crippen LogP contribution in [0.15, 0.2) is 52.9 Å². The zero-order chi connectivity index (χ0) is 18.5. The van der Waals surface area contributed by atoms with Gasteiger partial charge in [-0.05, 0) is 30.0 Å². The molecule has 0 saturated carbocycles. The van der Waals surface area contributed by atoms with Crippen LogP contribution < -0.4 is 10.6 Å². The summed E-state index contributed by atoms with van der Waals surface area (Å²) < 4.78 is 2.03. The maximum absolute atomic E-state index is 12.5. The third kappa shape index (κ3) is 4.62. The number of fused-ring (bicyclic) bond motifs is 1. The quantitative estimate of drug-likeness (QED) is 0.623. The maximum atomic E-state index is 12.5. The molecule has 3 rings (SSSR count). The molecule has 0 aliphatic carbocycles. The Hall–Kier alpha value is -2.38. The SMILES string of the molecule is CSc1nc2ccc(NC(=O)CC(NC(C)=O)c3ccccc3)cc2s1. The molecule has 2 amide bonds. The smallest absolute Gasteiger partial charge is 0.226 e. The van der Waals surface area contributed by atoms with Crippen molar-refractivity contribution in [3.8, 4) is 0 Å². The van der Waals surface area contributed by atoms with Crippen molar-refractivity contribution in [1.82, 2.24) is 10.3 Å². The Morgan fingerprint density at radius 1 is 1.19 bits per heavy atom. The van der Waals surface area contributed by atoms with Crippen LogP contribution in [0.25, 0.3) is 10.2 Å². The third-order valence-electron chi connectivity index (χ3n) is 3.80. The molecule has 134 valence electrons. The van der Waals surface area contributed by atoms with E-state index in [0.717, 1.165) is 25.8 Å². The van der Waals surface area contributed by atoms with E-state index >= 15 is 0 Å². The molecule has 0 aliphatic heterocycles. The van der Waals surface area contributed by atoms with Gasteiger partial charge in [0.1, 0.15) is 0 Å². The highest BCUT2D eigenvalue weighted by molar-refractivity contribution is 8.00. The summed E-state index contributed by atoms with van der Waals surface area (Å²) in [7, 11) is 0. The summed E-state index contributed by atoms with van der Waals surface area (Å²) in [5.74, 6) is -0.316. The predicted octanol–water partition coefficient (Wildman–Crippen LogP) is 4.22. The normalized spacial score (nSPS) is 11.9. The number of carbonyl (C=O) groups is 2. The van der Waals surface area contributed by atoms with Crippen LogP contribution in [0.2, 0.25) is 0 Å². The molecule has 2 aromatic carbocycles. The number of aromatic nitrogens is 1. The number of nitrogens with zero attached hydrogens (tertiary/aromatic N) is 1. The van der Waals surface area contributed by atoms with E-state index in [-0.39, 0.29) is 24.3 Å². The average molecular weight is 386 g/mol. The number of amides is 2. The molecular formula is C19H19N3O2S2. The summed E-state index contributed by atoms with van der Waals surface area (Å²) in [4.78, 5) is 28.5. The van der Waals surface area contributed by atoms with E-state index in [4.69, 9.17) is 0 Å². The molecule has 0 spiro atoms. The number of rotatable bonds is 6. The molecule has 26 heavy (non-hydrogen) atoms. The second kappa shape index (κ2) is 8.33. The third-order valence-corrected chi connectivity index (χ3v) is 5.80. The Bertz CT molecular complexity index is 925. The van der Waals surface area contributed by atoms with Gasteiger partial charge in [0.25, 0.3) is 0 Å². The largest absolute Gasteiger partial charge is 0.349 e. The Balaban J connectivity index is 1.72. The lowest BCUT2D eigenvalue weighted by Gasteiger charge is -2.18. The van der Waals surface area contributed by atoms with Crippen LogP contribution in [0.3, 0.4) is 0 Å². The first kappa shape index (κ1) is 18.4. The van der Waals surface area contributed by atoms with Crippen molar-refractivity contribution in [2.24, 2.45) is 0 Å². The lowest BCUT2D eigenvalue weighted by molar-refractivity contribution is -0.120. The highest BCUT2D eigenvalue weighted by atomic mass is 32.2. The van der Waals surface area contributed by atoms with Crippen molar-refractivity contribution < 1.29 is 9.59 Å². The predicted molar refractivity (Wildman–Crippen MR) is 108 cm³/mol. The van der Waals surface area contributed by atoms with E-state index in [0.29, 0.717) is 0 Å². The summed E-state index contributed by atoms with van der Waals surface area (Å²) >= 11 is 3.21. The molecule has 7 heteroatoms. The van der Waals surface area contributed by atoms with Crippen LogP contribution in [-0.2, 0) is 9.59 Å². The number of nitrogens with one attached hydrogen (secondary N) is 2. The minimum Gasteiger partial charge on any atom is -0.349 e. The minimum absolute atomic E-state index is 0.151. The van der Waals surface area contributed by atoms with Crippen molar-refractivity contribution in [2.75, 3.05) is 11.6 Å². The first-order valence-corrected chi connectivity index (χ1v) is 10.2. The van der Waals surface area contributed by atoms with Crippen molar-refractivity contribution in [3.63, 3.8) is 0 Å². The van der Waals surface area contributed by atoms with E-state index < -0.39 is 0 Å². The summed E-state index contributed by atoms with van der Waals surface area (Å²) in [5, 5.41) is 5.76. The van der Waals surface area contributed by atoms with Gasteiger partial charge in [-0.2, -0.15) is 0 Å². The maximum Gasteiger partial charge on any atom is 0.226 e. The van der Waals surface area contributed by atoms with E-state index in [2.05, 4.69) is 15.6 Å². The highest BCUT2D eigenvalue weighted by Crippen LogP contribution is 2.30. The first-order chi connectivity index (χ1) is 12.5. The summed E-state index contributed by atoms with van der Waals surface area (Å²) in [6, 6.07) is 14.8. The first-order valence-electron chi connectivity index (χ1n) is 8.11. The summed E-state index contributed by atoms with van der Waals surface area (Å²) in [5.41, 5.74) is 2.56. The monoisotopic (exact) mass is 385 g/mol. The molecule has 2 N–H and O–H groups in total. The van der Waals surface area contributed by atoms with Gasteiger partial charge in [0.2, 0.25) is 11.8 Å². The Morgan fingerprint density at radius 2 is 1.96 bits per heavy atom. The second-order valence-corrected chi connectivity index (χ2v) is 7.87. The Kier molecular flexibility index (Phi) is 5.90. The lowest BCUT2D eigenvalue weighted by Crippen LogP contribution is -2.29. The fraction of sp³-hybridized carbons (Fsp3) is 0.211. The summed E-state index contributed by atoms with van der Waals surface area (Å²) in [6.45, 7) is 1.45. The number of thioether (sulfide) groups is 1. The topological polar surface area (TPSA) is 71.1 Å². The molecule has 0 aliphatic rings. The van der Waals surface area contributed by atoms with Crippen LogP contribution >= 0.6 is 23.1 Å². The Morgan fingerprint density at radius 3 is 2.65 bits per heavy atom. The number of hydrogen-bond donors (Lipinski definition) is 2. The van der Waals surface area contributed by atoms with E-state index in [1.54, 1.807) is 23.1 Å². The van der Waals surface area contributed by atoms with E-state index in [1.807, 2.05) is 54.8 Å². The molecule has 1 heterocycles. The average Bonchev–Trinajstić information content (AvgIpc) is 3.04. The van der Waals surface area contributed by atoms with Crippen LogP contribution in [-0.4, -0.2) is 23.1 Å². The molecule has 1 atom stereocenters. The molecule has 1 aromatic heterocycles. The number of anilines is 1. The molecule has 0 bridgehead atoms. The molecule has 1 unspecified atom stereocenters. The Labute approximate surface area is 160 Å². The molecule has 5 nitrogen and oxygen atoms in total. The van der Waals surface area contributed by atoms with Crippen molar-refractivity contribution in [2.45, 2.75) is 23.7 Å². The van der Waals surface area contributed by atoms with Gasteiger partial charge in [-0.1, -0.05) is 42.1 Å².